The quantitative estimate of drug-likeness (QED) is 0.489. The first-order valence-electron chi connectivity index (χ1n) is 3.97. The van der Waals surface area contributed by atoms with Gasteiger partial charge in [0.05, 0.1) is 0 Å². The van der Waals surface area contributed by atoms with E-state index in [0.29, 0.717) is 11.3 Å². The van der Waals surface area contributed by atoms with Crippen molar-refractivity contribution in [1.82, 2.24) is 0 Å². The second-order valence-corrected chi connectivity index (χ2v) is 2.95. The molecule has 0 aliphatic heterocycles. The van der Waals surface area contributed by atoms with E-state index in [-0.39, 0.29) is 5.63 Å². The van der Waals surface area contributed by atoms with E-state index in [1.165, 1.54) is 6.07 Å². The lowest BCUT2D eigenvalue weighted by Gasteiger charge is -2.02. The number of aryl methyl sites for hydroxylation is 1. The van der Waals surface area contributed by atoms with Gasteiger partial charge < -0.3 is 10.2 Å². The van der Waals surface area contributed by atoms with Crippen molar-refractivity contribution in [2.24, 2.45) is 0 Å². The molecule has 13 heavy (non-hydrogen) atoms. The highest BCUT2D eigenvalue weighted by atomic mass is 16.4. The predicted octanol–water partition coefficient (Wildman–Crippen LogP) is 1.68. The lowest BCUT2D eigenvalue weighted by atomic mass is 10.1. The number of hydrogen-bond donors (Lipinski definition) is 1. The molecule has 0 spiro atoms. The molecule has 2 rings (SSSR count). The van der Waals surface area contributed by atoms with Crippen LogP contribution in [0.25, 0.3) is 11.0 Å². The van der Waals surface area contributed by atoms with Crippen molar-refractivity contribution >= 4 is 16.7 Å². The molecule has 0 atom stereocenters. The molecule has 66 valence electrons. The highest BCUT2D eigenvalue weighted by molar-refractivity contribution is 5.84. The average molecular weight is 175 g/mol. The molecule has 2 aromatic rings. The Kier molecular flexibility index (Phi) is 1.59. The Labute approximate surface area is 74.8 Å². The third-order valence-corrected chi connectivity index (χ3v) is 2.11. The summed E-state index contributed by atoms with van der Waals surface area (Å²) in [4.78, 5) is 10.9. The summed E-state index contributed by atoms with van der Waals surface area (Å²) >= 11 is 0. The van der Waals surface area contributed by atoms with Gasteiger partial charge in [0, 0.05) is 17.1 Å². The van der Waals surface area contributed by atoms with Crippen LogP contribution in [0.2, 0.25) is 0 Å². The van der Waals surface area contributed by atoms with Crippen LogP contribution < -0.4 is 11.4 Å². The number of hydrogen-bond acceptors (Lipinski definition) is 3. The van der Waals surface area contributed by atoms with Crippen LogP contribution in [0.15, 0.2) is 33.5 Å². The molecule has 1 aromatic heterocycles. The fraction of sp³-hybridized carbons (Fsp3) is 0.100. The van der Waals surface area contributed by atoms with E-state index in [2.05, 4.69) is 0 Å². The molecule has 0 fully saturated rings. The van der Waals surface area contributed by atoms with Gasteiger partial charge in [0.15, 0.2) is 0 Å². The maximum atomic E-state index is 10.9. The second kappa shape index (κ2) is 2.62. The van der Waals surface area contributed by atoms with Gasteiger partial charge in [-0.15, -0.1) is 0 Å². The first-order valence-corrected chi connectivity index (χ1v) is 3.97. The Hall–Kier alpha value is -1.77. The van der Waals surface area contributed by atoms with Crippen LogP contribution in [-0.4, -0.2) is 0 Å². The van der Waals surface area contributed by atoms with Gasteiger partial charge in [-0.3, -0.25) is 0 Å². The highest BCUT2D eigenvalue weighted by Crippen LogP contribution is 2.21. The van der Waals surface area contributed by atoms with Gasteiger partial charge >= 0.3 is 5.63 Å². The van der Waals surface area contributed by atoms with Crippen molar-refractivity contribution in [2.75, 3.05) is 5.73 Å². The van der Waals surface area contributed by atoms with Crippen LogP contribution in [0.5, 0.6) is 0 Å². The molecule has 2 N–H and O–H groups in total. The second-order valence-electron chi connectivity index (χ2n) is 2.95. The van der Waals surface area contributed by atoms with Crippen molar-refractivity contribution in [3.05, 3.63) is 40.2 Å². The van der Waals surface area contributed by atoms with E-state index in [0.717, 1.165) is 10.9 Å². The lowest BCUT2D eigenvalue weighted by molar-refractivity contribution is 0.561. The Morgan fingerprint density at radius 2 is 2.00 bits per heavy atom. The van der Waals surface area contributed by atoms with E-state index >= 15 is 0 Å². The van der Waals surface area contributed by atoms with Crippen LogP contribution in [-0.2, 0) is 0 Å². The lowest BCUT2D eigenvalue weighted by Crippen LogP contribution is -1.96. The van der Waals surface area contributed by atoms with Crippen molar-refractivity contribution in [2.45, 2.75) is 6.92 Å². The molecule has 1 aromatic carbocycles. The zero-order chi connectivity index (χ0) is 9.42. The summed E-state index contributed by atoms with van der Waals surface area (Å²) in [5.41, 5.74) is 7.61. The Bertz CT molecular complexity index is 514. The number of nitrogen functional groups attached to an aromatic ring is 1. The summed E-state index contributed by atoms with van der Waals surface area (Å²) in [6.07, 6.45) is 0. The summed E-state index contributed by atoms with van der Waals surface area (Å²) in [6.45, 7) is 1.90. The maximum Gasteiger partial charge on any atom is 0.336 e. The van der Waals surface area contributed by atoms with Crippen molar-refractivity contribution in [1.29, 1.82) is 0 Å². The molecule has 0 aliphatic carbocycles. The predicted molar refractivity (Wildman–Crippen MR) is 51.6 cm³/mol. The molecule has 0 unspecified atom stereocenters. The van der Waals surface area contributed by atoms with Gasteiger partial charge in [0.2, 0.25) is 0 Å². The number of fused-ring (bicyclic) bond motifs is 1. The first-order chi connectivity index (χ1) is 6.18. The summed E-state index contributed by atoms with van der Waals surface area (Å²) in [5, 5.41) is 0.889. The normalized spacial score (nSPS) is 10.5. The van der Waals surface area contributed by atoms with Crippen molar-refractivity contribution in [3.8, 4) is 0 Å². The van der Waals surface area contributed by atoms with Gasteiger partial charge in [0.25, 0.3) is 0 Å². The molecular weight excluding hydrogens is 166 g/mol. The van der Waals surface area contributed by atoms with Gasteiger partial charge in [-0.05, 0) is 30.7 Å². The molecule has 0 saturated carbocycles. The first kappa shape index (κ1) is 7.86. The number of rotatable bonds is 0. The molecule has 0 aliphatic rings. The fourth-order valence-electron chi connectivity index (χ4n) is 1.31. The average Bonchev–Trinajstić information content (AvgIpc) is 2.12. The monoisotopic (exact) mass is 175 g/mol. The van der Waals surface area contributed by atoms with E-state index in [1.54, 1.807) is 18.2 Å². The standard InChI is InChI=1S/C10H9NO2/c1-6-7-2-5-10(12)13-9(7)4-3-8(6)11/h2-5H,11H2,1H3. The largest absolute Gasteiger partial charge is 0.423 e. The fourth-order valence-corrected chi connectivity index (χ4v) is 1.31. The van der Waals surface area contributed by atoms with Crippen LogP contribution in [0.4, 0.5) is 5.69 Å². The van der Waals surface area contributed by atoms with Crippen LogP contribution in [0, 0.1) is 6.92 Å². The SMILES string of the molecule is Cc1c(N)ccc2oc(=O)ccc12. The highest BCUT2D eigenvalue weighted by Gasteiger charge is 2.02. The van der Waals surface area contributed by atoms with Crippen LogP contribution >= 0.6 is 0 Å². The number of nitrogens with two attached hydrogens (primary N) is 1. The van der Waals surface area contributed by atoms with Gasteiger partial charge in [-0.1, -0.05) is 0 Å². The third-order valence-electron chi connectivity index (χ3n) is 2.11. The van der Waals surface area contributed by atoms with Crippen molar-refractivity contribution < 1.29 is 4.42 Å². The number of benzene rings is 1. The minimum Gasteiger partial charge on any atom is -0.423 e. The van der Waals surface area contributed by atoms with E-state index < -0.39 is 0 Å². The topological polar surface area (TPSA) is 56.2 Å². The van der Waals surface area contributed by atoms with Crippen LogP contribution in [0.3, 0.4) is 0 Å². The minimum atomic E-state index is -0.336. The minimum absolute atomic E-state index is 0.336. The molecule has 0 saturated heterocycles. The Balaban J connectivity index is 2.95. The molecule has 3 heteroatoms. The van der Waals surface area contributed by atoms with Gasteiger partial charge in [-0.2, -0.15) is 0 Å². The van der Waals surface area contributed by atoms with Gasteiger partial charge in [0.1, 0.15) is 5.58 Å². The zero-order valence-corrected chi connectivity index (χ0v) is 7.20. The molecule has 0 radical (unpaired) electrons. The molecule has 1 heterocycles. The summed E-state index contributed by atoms with van der Waals surface area (Å²) in [7, 11) is 0. The van der Waals surface area contributed by atoms with E-state index in [1.807, 2.05) is 6.92 Å². The van der Waals surface area contributed by atoms with Crippen LogP contribution in [0.1, 0.15) is 5.56 Å². The molecule has 3 nitrogen and oxygen atoms in total. The molecule has 0 bridgehead atoms. The summed E-state index contributed by atoms with van der Waals surface area (Å²) in [6, 6.07) is 6.57. The van der Waals surface area contributed by atoms with Crippen molar-refractivity contribution in [3.63, 3.8) is 0 Å². The Morgan fingerprint density at radius 3 is 2.77 bits per heavy atom. The molecule has 0 amide bonds. The maximum absolute atomic E-state index is 10.9. The van der Waals surface area contributed by atoms with E-state index in [4.69, 9.17) is 10.2 Å². The zero-order valence-electron chi connectivity index (χ0n) is 7.20. The Morgan fingerprint density at radius 1 is 1.23 bits per heavy atom. The van der Waals surface area contributed by atoms with E-state index in [9.17, 15) is 4.79 Å². The third kappa shape index (κ3) is 1.18. The summed E-state index contributed by atoms with van der Waals surface area (Å²) in [5.74, 6) is 0. The molecular formula is C10H9NO2. The smallest absolute Gasteiger partial charge is 0.336 e. The summed E-state index contributed by atoms with van der Waals surface area (Å²) < 4.78 is 4.99. The number of anilines is 1. The van der Waals surface area contributed by atoms with Gasteiger partial charge in [-0.25, -0.2) is 4.79 Å².